The number of carbonyl (C=O) groups is 3. The topological polar surface area (TPSA) is 74.1 Å². The minimum atomic E-state index is -0.154. The Hall–Kier alpha value is -2.31. The molecule has 2 aliphatic rings. The lowest BCUT2D eigenvalue weighted by atomic mass is 9.95. The summed E-state index contributed by atoms with van der Waals surface area (Å²) in [5.74, 6) is -0.0827. The van der Waals surface area contributed by atoms with Gasteiger partial charge < -0.3 is 19.1 Å². The van der Waals surface area contributed by atoms with Crippen molar-refractivity contribution in [1.29, 1.82) is 0 Å². The van der Waals surface area contributed by atoms with E-state index in [0.717, 1.165) is 12.8 Å². The minimum absolute atomic E-state index is 0.0525. The van der Waals surface area contributed by atoms with E-state index >= 15 is 0 Å². The monoisotopic (exact) mass is 333 g/mol. The number of piperidine rings is 1. The van der Waals surface area contributed by atoms with Gasteiger partial charge in [0.2, 0.25) is 11.8 Å². The first-order valence-corrected chi connectivity index (χ1v) is 8.42. The Morgan fingerprint density at radius 3 is 2.38 bits per heavy atom. The molecule has 0 N–H and O–H groups in total. The highest BCUT2D eigenvalue weighted by atomic mass is 16.3. The number of rotatable bonds is 2. The summed E-state index contributed by atoms with van der Waals surface area (Å²) in [6.45, 7) is 5.01. The van der Waals surface area contributed by atoms with Crippen LogP contribution < -0.4 is 0 Å². The van der Waals surface area contributed by atoms with E-state index in [0.29, 0.717) is 44.8 Å². The molecule has 1 unspecified atom stereocenters. The van der Waals surface area contributed by atoms with E-state index in [1.54, 1.807) is 22.8 Å². The van der Waals surface area contributed by atoms with Crippen LogP contribution >= 0.6 is 0 Å². The highest BCUT2D eigenvalue weighted by molar-refractivity contribution is 5.94. The van der Waals surface area contributed by atoms with Crippen molar-refractivity contribution >= 4 is 17.7 Å². The smallest absolute Gasteiger partial charge is 0.257 e. The second-order valence-electron chi connectivity index (χ2n) is 6.43. The van der Waals surface area contributed by atoms with Gasteiger partial charge in [-0.25, -0.2) is 0 Å². The van der Waals surface area contributed by atoms with Crippen LogP contribution in [-0.2, 0) is 9.59 Å². The number of hydrogen-bond donors (Lipinski definition) is 0. The lowest BCUT2D eigenvalue weighted by Crippen LogP contribution is -2.53. The van der Waals surface area contributed by atoms with Crippen molar-refractivity contribution in [3.8, 4) is 0 Å². The van der Waals surface area contributed by atoms with Crippen molar-refractivity contribution in [3.05, 3.63) is 24.2 Å². The largest absolute Gasteiger partial charge is 0.472 e. The van der Waals surface area contributed by atoms with Crippen molar-refractivity contribution in [3.63, 3.8) is 0 Å². The SMILES string of the molecule is CC(=O)N1CCN(C(=O)C2CCCN(C(=O)c3ccoc3)C2)CC1. The Kier molecular flexibility index (Phi) is 4.87. The summed E-state index contributed by atoms with van der Waals surface area (Å²) in [6, 6.07) is 1.65. The van der Waals surface area contributed by atoms with Gasteiger partial charge in [-0.15, -0.1) is 0 Å². The summed E-state index contributed by atoms with van der Waals surface area (Å²) >= 11 is 0. The minimum Gasteiger partial charge on any atom is -0.472 e. The quantitative estimate of drug-likeness (QED) is 0.803. The summed E-state index contributed by atoms with van der Waals surface area (Å²) in [6.07, 6.45) is 4.55. The molecule has 0 aliphatic carbocycles. The van der Waals surface area contributed by atoms with Crippen LogP contribution in [0.25, 0.3) is 0 Å². The Morgan fingerprint density at radius 2 is 1.75 bits per heavy atom. The molecule has 0 bridgehead atoms. The molecule has 3 rings (SSSR count). The molecule has 0 saturated carbocycles. The average molecular weight is 333 g/mol. The number of likely N-dealkylation sites (tertiary alicyclic amines) is 1. The number of hydrogen-bond acceptors (Lipinski definition) is 4. The van der Waals surface area contributed by atoms with Crippen molar-refractivity contribution in [2.24, 2.45) is 5.92 Å². The fourth-order valence-electron chi connectivity index (χ4n) is 3.43. The maximum atomic E-state index is 12.8. The molecule has 0 radical (unpaired) electrons. The molecule has 1 aromatic heterocycles. The van der Waals surface area contributed by atoms with Crippen LogP contribution in [0.2, 0.25) is 0 Å². The number of nitrogens with zero attached hydrogens (tertiary/aromatic N) is 3. The highest BCUT2D eigenvalue weighted by Gasteiger charge is 2.33. The molecule has 3 heterocycles. The van der Waals surface area contributed by atoms with Crippen LogP contribution in [0, 0.1) is 5.92 Å². The lowest BCUT2D eigenvalue weighted by Gasteiger charge is -2.38. The van der Waals surface area contributed by atoms with Crippen molar-refractivity contribution < 1.29 is 18.8 Å². The molecule has 7 nitrogen and oxygen atoms in total. The van der Waals surface area contributed by atoms with Gasteiger partial charge >= 0.3 is 0 Å². The van der Waals surface area contributed by atoms with Gasteiger partial charge in [-0.1, -0.05) is 0 Å². The Bertz CT molecular complexity index is 605. The fraction of sp³-hybridized carbons (Fsp3) is 0.588. The third kappa shape index (κ3) is 3.44. The summed E-state index contributed by atoms with van der Waals surface area (Å²) in [5, 5.41) is 0. The number of furan rings is 1. The first-order chi connectivity index (χ1) is 11.6. The van der Waals surface area contributed by atoms with Gasteiger partial charge in [0.25, 0.3) is 5.91 Å². The van der Waals surface area contributed by atoms with Gasteiger partial charge in [0, 0.05) is 46.2 Å². The van der Waals surface area contributed by atoms with Crippen LogP contribution in [0.3, 0.4) is 0 Å². The molecular weight excluding hydrogens is 310 g/mol. The van der Waals surface area contributed by atoms with Crippen LogP contribution in [-0.4, -0.2) is 71.7 Å². The van der Waals surface area contributed by atoms with Gasteiger partial charge in [-0.2, -0.15) is 0 Å². The van der Waals surface area contributed by atoms with Crippen molar-refractivity contribution in [1.82, 2.24) is 14.7 Å². The first kappa shape index (κ1) is 16.5. The Morgan fingerprint density at radius 1 is 1.04 bits per heavy atom. The maximum Gasteiger partial charge on any atom is 0.257 e. The van der Waals surface area contributed by atoms with Gasteiger partial charge in [0.05, 0.1) is 17.7 Å². The fourth-order valence-corrected chi connectivity index (χ4v) is 3.43. The molecule has 130 valence electrons. The molecule has 0 spiro atoms. The maximum absolute atomic E-state index is 12.8. The first-order valence-electron chi connectivity index (χ1n) is 8.42. The normalized spacial score (nSPS) is 21.7. The van der Waals surface area contributed by atoms with Crippen molar-refractivity contribution in [2.45, 2.75) is 19.8 Å². The molecule has 2 fully saturated rings. The predicted molar refractivity (Wildman–Crippen MR) is 86.2 cm³/mol. The van der Waals surface area contributed by atoms with E-state index in [1.807, 2.05) is 4.90 Å². The lowest BCUT2D eigenvalue weighted by molar-refractivity contribution is -0.142. The second-order valence-corrected chi connectivity index (χ2v) is 6.43. The molecule has 2 saturated heterocycles. The molecule has 24 heavy (non-hydrogen) atoms. The highest BCUT2D eigenvalue weighted by Crippen LogP contribution is 2.21. The second kappa shape index (κ2) is 7.07. The molecule has 3 amide bonds. The van der Waals surface area contributed by atoms with E-state index in [-0.39, 0.29) is 23.6 Å². The van der Waals surface area contributed by atoms with Gasteiger partial charge in [0.1, 0.15) is 6.26 Å². The number of amides is 3. The zero-order chi connectivity index (χ0) is 17.1. The zero-order valence-electron chi connectivity index (χ0n) is 13.9. The zero-order valence-corrected chi connectivity index (χ0v) is 13.9. The molecule has 1 atom stereocenters. The summed E-state index contributed by atoms with van der Waals surface area (Å²) in [4.78, 5) is 41.9. The summed E-state index contributed by atoms with van der Waals surface area (Å²) in [7, 11) is 0. The molecule has 7 heteroatoms. The van der Waals surface area contributed by atoms with Gasteiger partial charge in [0.15, 0.2) is 0 Å². The summed E-state index contributed by atoms with van der Waals surface area (Å²) < 4.78 is 4.97. The van der Waals surface area contributed by atoms with Crippen LogP contribution in [0.15, 0.2) is 23.0 Å². The molecule has 2 aliphatic heterocycles. The Labute approximate surface area is 141 Å². The van der Waals surface area contributed by atoms with Crippen molar-refractivity contribution in [2.75, 3.05) is 39.3 Å². The van der Waals surface area contributed by atoms with Crippen LogP contribution in [0.1, 0.15) is 30.1 Å². The van der Waals surface area contributed by atoms with E-state index in [2.05, 4.69) is 0 Å². The molecular formula is C17H23N3O4. The third-order valence-corrected chi connectivity index (χ3v) is 4.86. The molecule has 1 aromatic rings. The van der Waals surface area contributed by atoms with Gasteiger partial charge in [-0.05, 0) is 18.9 Å². The van der Waals surface area contributed by atoms with Crippen LogP contribution in [0.4, 0.5) is 0 Å². The Balaban J connectivity index is 1.57. The average Bonchev–Trinajstić information content (AvgIpc) is 3.15. The van der Waals surface area contributed by atoms with E-state index in [4.69, 9.17) is 4.42 Å². The van der Waals surface area contributed by atoms with E-state index < -0.39 is 0 Å². The third-order valence-electron chi connectivity index (χ3n) is 4.86. The standard InChI is InChI=1S/C17H23N3O4/c1-13(21)18-6-8-19(9-7-18)16(22)14-3-2-5-20(11-14)17(23)15-4-10-24-12-15/h4,10,12,14H,2-3,5-9,11H2,1H3. The van der Waals surface area contributed by atoms with E-state index in [9.17, 15) is 14.4 Å². The predicted octanol–water partition coefficient (Wildman–Crippen LogP) is 0.822. The number of piperazine rings is 1. The molecule has 0 aromatic carbocycles. The summed E-state index contributed by atoms with van der Waals surface area (Å²) in [5.41, 5.74) is 0.526. The van der Waals surface area contributed by atoms with E-state index in [1.165, 1.54) is 12.5 Å². The number of carbonyl (C=O) groups excluding carboxylic acids is 3. The van der Waals surface area contributed by atoms with Crippen LogP contribution in [0.5, 0.6) is 0 Å². The van der Waals surface area contributed by atoms with Gasteiger partial charge in [-0.3, -0.25) is 14.4 Å².